The fourth-order valence-electron chi connectivity index (χ4n) is 2.55. The summed E-state index contributed by atoms with van der Waals surface area (Å²) in [6, 6.07) is 29.1. The second-order valence-corrected chi connectivity index (χ2v) is 10.2. The number of halogens is 1. The fourth-order valence-corrected chi connectivity index (χ4v) is 4.38. The van der Waals surface area contributed by atoms with Gasteiger partial charge in [0.05, 0.1) is 20.9 Å². The molecule has 4 rings (SSSR count). The van der Waals surface area contributed by atoms with Crippen molar-refractivity contribution in [3.05, 3.63) is 125 Å². The fraction of sp³-hybridized carbons (Fsp3) is 0.0370. The number of hydrogen-bond donors (Lipinski definition) is 0. The third-order valence-electron chi connectivity index (χ3n) is 4.35. The van der Waals surface area contributed by atoms with Crippen LogP contribution in [0.4, 0.5) is 0 Å². The molecular weight excluding hydrogens is 543 g/mol. The molecule has 0 spiro atoms. The van der Waals surface area contributed by atoms with E-state index < -0.39 is 20.9 Å². The Morgan fingerprint density at radius 1 is 0.649 bits per heavy atom. The molecule has 0 radical (unpaired) electrons. The van der Waals surface area contributed by atoms with Crippen LogP contribution in [-0.2, 0) is 25.1 Å². The molecular formula is C27H25ClNaO6S2+. The Morgan fingerprint density at radius 3 is 1.41 bits per heavy atom. The molecule has 0 fully saturated rings. The van der Waals surface area contributed by atoms with Gasteiger partial charge in [0, 0.05) is 16.1 Å². The third-order valence-corrected chi connectivity index (χ3v) is 7.11. The predicted octanol–water partition coefficient (Wildman–Crippen LogP) is 3.00. The summed E-state index contributed by atoms with van der Waals surface area (Å²) in [6.45, 7) is 0. The molecule has 0 aliphatic rings. The normalized spacial score (nSPS) is 10.4. The average molecular weight is 568 g/mol. The van der Waals surface area contributed by atoms with E-state index in [4.69, 9.17) is 11.6 Å². The van der Waals surface area contributed by atoms with Crippen LogP contribution in [0.1, 0.15) is 28.1 Å². The van der Waals surface area contributed by atoms with E-state index in [9.17, 15) is 26.8 Å². The summed E-state index contributed by atoms with van der Waals surface area (Å²) in [5.74, 6) is 0. The molecule has 37 heavy (non-hydrogen) atoms. The van der Waals surface area contributed by atoms with Gasteiger partial charge in [-0.2, -0.15) is 0 Å². The van der Waals surface area contributed by atoms with Crippen LogP contribution in [0, 0.1) is 0 Å². The van der Waals surface area contributed by atoms with Crippen LogP contribution in [0.2, 0.25) is 5.02 Å². The molecule has 0 N–H and O–H groups in total. The first-order valence-corrected chi connectivity index (χ1v) is 13.1. The van der Waals surface area contributed by atoms with E-state index in [1.54, 1.807) is 84.9 Å². The zero-order valence-corrected chi connectivity index (χ0v) is 23.7. The van der Waals surface area contributed by atoms with Crippen molar-refractivity contribution in [1.82, 2.24) is 0 Å². The van der Waals surface area contributed by atoms with Crippen molar-refractivity contribution in [2.45, 2.75) is 22.1 Å². The van der Waals surface area contributed by atoms with E-state index in [2.05, 4.69) is 0 Å². The monoisotopic (exact) mass is 567 g/mol. The van der Waals surface area contributed by atoms with Gasteiger partial charge in [-0.05, 0) is 48.5 Å². The molecule has 188 valence electrons. The SMILES string of the molecule is C.O=Cc1ccc(Cl)cc1.O=Cc1ccc(S(=O)(=O)c2ccccc2)cc1.O=[SH+]([O-])c1ccccc1.[Na+]. The number of carbonyl (C=O) groups excluding carboxylic acids is 2. The topological polar surface area (TPSA) is 108 Å². The van der Waals surface area contributed by atoms with Gasteiger partial charge in [0.1, 0.15) is 12.6 Å². The van der Waals surface area contributed by atoms with Crippen LogP contribution in [0.3, 0.4) is 0 Å². The molecule has 0 saturated heterocycles. The molecule has 0 saturated carbocycles. The average Bonchev–Trinajstić information content (AvgIpc) is 2.91. The van der Waals surface area contributed by atoms with Gasteiger partial charge in [-0.1, -0.05) is 79.7 Å². The van der Waals surface area contributed by atoms with Crippen molar-refractivity contribution in [2.24, 2.45) is 0 Å². The van der Waals surface area contributed by atoms with Crippen LogP contribution in [0.15, 0.2) is 124 Å². The summed E-state index contributed by atoms with van der Waals surface area (Å²) < 4.78 is 44.8. The Hall–Kier alpha value is -2.43. The molecule has 1 unspecified atom stereocenters. The third kappa shape index (κ3) is 11.7. The molecule has 4 aromatic carbocycles. The Bertz CT molecular complexity index is 1350. The predicted molar refractivity (Wildman–Crippen MR) is 142 cm³/mol. The van der Waals surface area contributed by atoms with Gasteiger partial charge >= 0.3 is 29.6 Å². The molecule has 0 amide bonds. The van der Waals surface area contributed by atoms with Crippen LogP contribution in [-0.4, -0.2) is 25.5 Å². The molecule has 4 aromatic rings. The van der Waals surface area contributed by atoms with Crippen molar-refractivity contribution in [3.63, 3.8) is 0 Å². The Balaban J connectivity index is 0.000000555. The smallest absolute Gasteiger partial charge is 0.612 e. The summed E-state index contributed by atoms with van der Waals surface area (Å²) in [5.41, 5.74) is 1.11. The first-order chi connectivity index (χ1) is 16.8. The van der Waals surface area contributed by atoms with Gasteiger partial charge in [-0.3, -0.25) is 9.59 Å². The summed E-state index contributed by atoms with van der Waals surface area (Å²) in [6.07, 6.45) is 1.47. The van der Waals surface area contributed by atoms with Gasteiger partial charge in [0.2, 0.25) is 9.84 Å². The minimum absolute atomic E-state index is 0. The van der Waals surface area contributed by atoms with Gasteiger partial charge in [0.25, 0.3) is 0 Å². The van der Waals surface area contributed by atoms with Gasteiger partial charge in [-0.25, -0.2) is 8.42 Å². The number of sulfone groups is 1. The number of rotatable bonds is 5. The van der Waals surface area contributed by atoms with Gasteiger partial charge in [0.15, 0.2) is 4.90 Å². The van der Waals surface area contributed by atoms with Gasteiger partial charge in [-0.15, -0.1) is 4.21 Å². The first-order valence-electron chi connectivity index (χ1n) is 10.0. The van der Waals surface area contributed by atoms with Crippen molar-refractivity contribution >= 4 is 45.1 Å². The minimum Gasteiger partial charge on any atom is -0.612 e. The van der Waals surface area contributed by atoms with Crippen molar-refractivity contribution in [1.29, 1.82) is 0 Å². The molecule has 1 atom stereocenters. The molecule has 10 heteroatoms. The quantitative estimate of drug-likeness (QED) is 0.159. The standard InChI is InChI=1S/C13H10O3S.C7H5ClO.C6H6O2S.CH4.Na/c14-10-11-6-8-13(9-7-11)17(15,16)12-4-2-1-3-5-12;8-7-3-1-6(5-9)2-4-7;7-9(8)6-4-2-1-3-5-6;;/h1-10H;1-5H;1-5,9H;1H4;/q;;;;+1. The number of hydrogen-bond acceptors (Lipinski definition) is 6. The van der Waals surface area contributed by atoms with Crippen molar-refractivity contribution in [3.8, 4) is 0 Å². The molecule has 0 bridgehead atoms. The van der Waals surface area contributed by atoms with E-state index >= 15 is 0 Å². The number of carbonyl (C=O) groups is 2. The van der Waals surface area contributed by atoms with E-state index in [1.807, 2.05) is 0 Å². The molecule has 0 aliphatic heterocycles. The zero-order valence-electron chi connectivity index (χ0n) is 19.2. The summed E-state index contributed by atoms with van der Waals surface area (Å²) in [4.78, 5) is 21.4. The number of aldehydes is 2. The largest absolute Gasteiger partial charge is 1.00 e. The summed E-state index contributed by atoms with van der Waals surface area (Å²) in [7, 11) is -3.48. The molecule has 0 aliphatic carbocycles. The Morgan fingerprint density at radius 2 is 1.03 bits per heavy atom. The van der Waals surface area contributed by atoms with Crippen LogP contribution < -0.4 is 29.6 Å². The van der Waals surface area contributed by atoms with Crippen molar-refractivity contribution < 1.29 is 56.3 Å². The second kappa shape index (κ2) is 17.9. The van der Waals surface area contributed by atoms with Gasteiger partial charge < -0.3 is 4.55 Å². The second-order valence-electron chi connectivity index (χ2n) is 6.77. The minimum atomic E-state index is -3.48. The van der Waals surface area contributed by atoms with Crippen molar-refractivity contribution in [2.75, 3.05) is 0 Å². The van der Waals surface area contributed by atoms with Crippen LogP contribution in [0.25, 0.3) is 0 Å². The first kappa shape index (κ1) is 34.6. The van der Waals surface area contributed by atoms with E-state index in [1.165, 1.54) is 24.3 Å². The molecule has 0 heterocycles. The summed E-state index contributed by atoms with van der Waals surface area (Å²) >= 11 is 3.16. The maximum absolute atomic E-state index is 12.1. The zero-order chi connectivity index (χ0) is 25.7. The summed E-state index contributed by atoms with van der Waals surface area (Å²) in [5, 5.41) is 0.653. The molecule has 0 aromatic heterocycles. The maximum Gasteiger partial charge on any atom is 1.00 e. The Kier molecular flexibility index (Phi) is 16.7. The van der Waals surface area contributed by atoms with E-state index in [0.717, 1.165) is 6.29 Å². The molecule has 6 nitrogen and oxygen atoms in total. The van der Waals surface area contributed by atoms with E-state index in [-0.39, 0.29) is 46.8 Å². The number of thiol groups is 1. The van der Waals surface area contributed by atoms with Crippen LogP contribution >= 0.6 is 11.6 Å². The van der Waals surface area contributed by atoms with Crippen LogP contribution in [0.5, 0.6) is 0 Å². The Labute approximate surface area is 247 Å². The number of benzene rings is 4. The van der Waals surface area contributed by atoms with E-state index in [0.29, 0.717) is 27.3 Å². The maximum atomic E-state index is 12.1.